The van der Waals surface area contributed by atoms with Crippen LogP contribution in [0.3, 0.4) is 0 Å². The fourth-order valence-electron chi connectivity index (χ4n) is 3.05. The van der Waals surface area contributed by atoms with Gasteiger partial charge in [0.1, 0.15) is 6.54 Å². The Morgan fingerprint density at radius 2 is 1.90 bits per heavy atom. The Labute approximate surface area is 184 Å². The highest BCUT2D eigenvalue weighted by Crippen LogP contribution is 2.36. The highest BCUT2D eigenvalue weighted by molar-refractivity contribution is 8.00. The van der Waals surface area contributed by atoms with Gasteiger partial charge in [-0.3, -0.25) is 14.4 Å². The highest BCUT2D eigenvalue weighted by Gasteiger charge is 2.28. The second-order valence-corrected chi connectivity index (χ2v) is 8.02. The van der Waals surface area contributed by atoms with Crippen molar-refractivity contribution in [1.29, 1.82) is 0 Å². The first-order valence-corrected chi connectivity index (χ1v) is 10.6. The minimum absolute atomic E-state index is 0.189. The van der Waals surface area contributed by atoms with E-state index in [4.69, 9.17) is 4.74 Å². The van der Waals surface area contributed by atoms with Crippen LogP contribution in [-0.2, 0) is 14.3 Å². The standard InChI is InChI=1S/C22H23N3O5S/c1-4-30-22(29)15-6-5-7-16(10-15)23-19(26)12-25-17-11-14(21(28)24(2)3)8-9-18(17)31-13-20(25)27/h5-11H,4,12-13H2,1-3H3,(H,23,26). The van der Waals surface area contributed by atoms with Gasteiger partial charge in [0.15, 0.2) is 0 Å². The summed E-state index contributed by atoms with van der Waals surface area (Å²) in [7, 11) is 3.30. The third kappa shape index (κ3) is 5.24. The third-order valence-electron chi connectivity index (χ3n) is 4.51. The molecular weight excluding hydrogens is 418 g/mol. The van der Waals surface area contributed by atoms with E-state index in [0.717, 1.165) is 4.90 Å². The molecule has 0 radical (unpaired) electrons. The van der Waals surface area contributed by atoms with E-state index in [2.05, 4.69) is 5.32 Å². The summed E-state index contributed by atoms with van der Waals surface area (Å²) in [5.74, 6) is -1.10. The van der Waals surface area contributed by atoms with E-state index in [1.165, 1.54) is 27.6 Å². The molecule has 1 aliphatic rings. The van der Waals surface area contributed by atoms with Crippen LogP contribution in [0.25, 0.3) is 0 Å². The summed E-state index contributed by atoms with van der Waals surface area (Å²) in [6, 6.07) is 11.5. The average molecular weight is 442 g/mol. The molecule has 31 heavy (non-hydrogen) atoms. The number of esters is 1. The van der Waals surface area contributed by atoms with Gasteiger partial charge >= 0.3 is 5.97 Å². The number of benzene rings is 2. The van der Waals surface area contributed by atoms with Gasteiger partial charge in [-0.15, -0.1) is 11.8 Å². The molecule has 0 fully saturated rings. The van der Waals surface area contributed by atoms with Crippen molar-refractivity contribution in [2.75, 3.05) is 43.2 Å². The van der Waals surface area contributed by atoms with E-state index in [1.54, 1.807) is 57.4 Å². The summed E-state index contributed by atoms with van der Waals surface area (Å²) in [4.78, 5) is 53.1. The molecule has 0 unspecified atom stereocenters. The molecule has 0 spiro atoms. The van der Waals surface area contributed by atoms with Crippen molar-refractivity contribution in [2.45, 2.75) is 11.8 Å². The van der Waals surface area contributed by atoms with Crippen molar-refractivity contribution in [3.8, 4) is 0 Å². The van der Waals surface area contributed by atoms with Crippen molar-refractivity contribution in [1.82, 2.24) is 4.90 Å². The number of amides is 3. The van der Waals surface area contributed by atoms with Crippen LogP contribution in [-0.4, -0.2) is 61.6 Å². The normalized spacial score (nSPS) is 12.7. The van der Waals surface area contributed by atoms with Crippen molar-refractivity contribution in [2.24, 2.45) is 0 Å². The van der Waals surface area contributed by atoms with Gasteiger partial charge in [0.25, 0.3) is 5.91 Å². The summed E-state index contributed by atoms with van der Waals surface area (Å²) in [6.07, 6.45) is 0. The Balaban J connectivity index is 1.78. The Hall–Kier alpha value is -3.33. The van der Waals surface area contributed by atoms with Gasteiger partial charge in [-0.05, 0) is 43.3 Å². The molecule has 2 aromatic rings. The minimum Gasteiger partial charge on any atom is -0.462 e. The summed E-state index contributed by atoms with van der Waals surface area (Å²) in [5, 5.41) is 2.71. The second-order valence-electron chi connectivity index (χ2n) is 7.00. The van der Waals surface area contributed by atoms with Crippen LogP contribution in [0.2, 0.25) is 0 Å². The maximum absolute atomic E-state index is 12.7. The number of anilines is 2. The number of hydrogen-bond donors (Lipinski definition) is 1. The molecule has 1 heterocycles. The summed E-state index contributed by atoms with van der Waals surface area (Å²) < 4.78 is 4.97. The first-order chi connectivity index (χ1) is 14.8. The van der Waals surface area contributed by atoms with Gasteiger partial charge in [0.2, 0.25) is 11.8 Å². The van der Waals surface area contributed by atoms with Crippen LogP contribution in [0.4, 0.5) is 11.4 Å². The molecule has 0 bridgehead atoms. The highest BCUT2D eigenvalue weighted by atomic mass is 32.2. The van der Waals surface area contributed by atoms with E-state index < -0.39 is 11.9 Å². The van der Waals surface area contributed by atoms with Gasteiger partial charge < -0.3 is 19.9 Å². The summed E-state index contributed by atoms with van der Waals surface area (Å²) >= 11 is 1.37. The van der Waals surface area contributed by atoms with E-state index in [0.29, 0.717) is 22.5 Å². The van der Waals surface area contributed by atoms with E-state index in [-0.39, 0.29) is 30.7 Å². The number of carbonyl (C=O) groups excluding carboxylic acids is 4. The molecule has 0 saturated heterocycles. The van der Waals surface area contributed by atoms with Gasteiger partial charge in [-0.1, -0.05) is 6.07 Å². The molecule has 162 valence electrons. The number of ether oxygens (including phenoxy) is 1. The van der Waals surface area contributed by atoms with Crippen molar-refractivity contribution in [3.05, 3.63) is 53.6 Å². The maximum Gasteiger partial charge on any atom is 0.338 e. The van der Waals surface area contributed by atoms with Crippen LogP contribution in [0.1, 0.15) is 27.6 Å². The number of thioether (sulfide) groups is 1. The second kappa shape index (κ2) is 9.65. The monoisotopic (exact) mass is 441 g/mol. The lowest BCUT2D eigenvalue weighted by Crippen LogP contribution is -2.41. The zero-order valence-electron chi connectivity index (χ0n) is 17.5. The van der Waals surface area contributed by atoms with Crippen LogP contribution >= 0.6 is 11.8 Å². The molecule has 0 aromatic heterocycles. The molecule has 1 N–H and O–H groups in total. The van der Waals surface area contributed by atoms with Crippen molar-refractivity contribution in [3.63, 3.8) is 0 Å². The molecule has 0 aliphatic carbocycles. The molecule has 2 aromatic carbocycles. The van der Waals surface area contributed by atoms with E-state index in [1.807, 2.05) is 0 Å². The topological polar surface area (TPSA) is 96.0 Å². The number of fused-ring (bicyclic) bond motifs is 1. The van der Waals surface area contributed by atoms with Crippen molar-refractivity contribution >= 4 is 46.8 Å². The number of nitrogens with zero attached hydrogens (tertiary/aromatic N) is 2. The molecule has 9 heteroatoms. The number of hydrogen-bond acceptors (Lipinski definition) is 6. The number of rotatable bonds is 6. The zero-order chi connectivity index (χ0) is 22.5. The van der Waals surface area contributed by atoms with E-state index in [9.17, 15) is 19.2 Å². The first-order valence-electron chi connectivity index (χ1n) is 9.66. The van der Waals surface area contributed by atoms with E-state index >= 15 is 0 Å². The van der Waals surface area contributed by atoms with Crippen LogP contribution in [0.15, 0.2) is 47.4 Å². The lowest BCUT2D eigenvalue weighted by molar-refractivity contribution is -0.120. The molecule has 1 aliphatic heterocycles. The first kappa shape index (κ1) is 22.4. The van der Waals surface area contributed by atoms with Gasteiger partial charge in [-0.2, -0.15) is 0 Å². The van der Waals surface area contributed by atoms with Crippen LogP contribution in [0, 0.1) is 0 Å². The lowest BCUT2D eigenvalue weighted by Gasteiger charge is -2.29. The van der Waals surface area contributed by atoms with Crippen LogP contribution in [0.5, 0.6) is 0 Å². The molecule has 0 atom stereocenters. The minimum atomic E-state index is -0.478. The number of nitrogens with one attached hydrogen (secondary N) is 1. The fraction of sp³-hybridized carbons (Fsp3) is 0.273. The van der Waals surface area contributed by atoms with Gasteiger partial charge in [0, 0.05) is 30.2 Å². The number of carbonyl (C=O) groups is 4. The Morgan fingerprint density at radius 1 is 1.13 bits per heavy atom. The Kier molecular flexibility index (Phi) is 6.96. The van der Waals surface area contributed by atoms with Crippen LogP contribution < -0.4 is 10.2 Å². The maximum atomic E-state index is 12.7. The molecular formula is C22H23N3O5S. The third-order valence-corrected chi connectivity index (χ3v) is 5.56. The predicted octanol–water partition coefficient (Wildman–Crippen LogP) is 2.64. The Bertz CT molecular complexity index is 1040. The fourth-order valence-corrected chi connectivity index (χ4v) is 3.97. The predicted molar refractivity (Wildman–Crippen MR) is 119 cm³/mol. The van der Waals surface area contributed by atoms with Gasteiger partial charge in [-0.25, -0.2) is 4.79 Å². The SMILES string of the molecule is CCOC(=O)c1cccc(NC(=O)CN2C(=O)CSc3ccc(C(=O)N(C)C)cc32)c1. The molecule has 3 rings (SSSR count). The average Bonchev–Trinajstić information content (AvgIpc) is 2.75. The van der Waals surface area contributed by atoms with Crippen molar-refractivity contribution < 1.29 is 23.9 Å². The summed E-state index contributed by atoms with van der Waals surface area (Å²) in [5.41, 5.74) is 1.71. The zero-order valence-corrected chi connectivity index (χ0v) is 18.3. The van der Waals surface area contributed by atoms with Gasteiger partial charge in [0.05, 0.1) is 23.6 Å². The molecule has 8 nitrogen and oxygen atoms in total. The quantitative estimate of drug-likeness (QED) is 0.693. The largest absolute Gasteiger partial charge is 0.462 e. The molecule has 3 amide bonds. The lowest BCUT2D eigenvalue weighted by atomic mass is 10.1. The smallest absolute Gasteiger partial charge is 0.338 e. The summed E-state index contributed by atoms with van der Waals surface area (Å²) in [6.45, 7) is 1.75. The molecule has 0 saturated carbocycles. The Morgan fingerprint density at radius 3 is 2.61 bits per heavy atom.